The predicted molar refractivity (Wildman–Crippen MR) is 77.2 cm³/mol. The van der Waals surface area contributed by atoms with Crippen LogP contribution in [0.15, 0.2) is 24.3 Å². The standard InChI is InChI=1S/C15H23NO4/c1-5-12(15(17)16-11(2)10-18-3)20-14-9-7-6-8-13(14)19-4/h6-9,11-12H,5,10H2,1-4H3,(H,16,17)/t11-,12-/m1/s1. The molecule has 112 valence electrons. The van der Waals surface area contributed by atoms with Gasteiger partial charge in [-0.2, -0.15) is 0 Å². The molecule has 0 aliphatic carbocycles. The van der Waals surface area contributed by atoms with E-state index in [-0.39, 0.29) is 11.9 Å². The van der Waals surface area contributed by atoms with E-state index in [1.54, 1.807) is 26.4 Å². The minimum Gasteiger partial charge on any atom is -0.493 e. The fourth-order valence-corrected chi connectivity index (χ4v) is 1.82. The smallest absolute Gasteiger partial charge is 0.261 e. The summed E-state index contributed by atoms with van der Waals surface area (Å²) in [6.45, 7) is 4.26. The molecule has 0 saturated carbocycles. The molecule has 1 aromatic carbocycles. The van der Waals surface area contributed by atoms with Crippen molar-refractivity contribution >= 4 is 5.91 Å². The van der Waals surface area contributed by atoms with Gasteiger partial charge in [0.05, 0.1) is 13.7 Å². The Morgan fingerprint density at radius 1 is 1.25 bits per heavy atom. The number of carbonyl (C=O) groups is 1. The summed E-state index contributed by atoms with van der Waals surface area (Å²) in [5, 5.41) is 2.86. The second-order valence-electron chi connectivity index (χ2n) is 4.53. The molecule has 0 bridgehead atoms. The van der Waals surface area contributed by atoms with Crippen LogP contribution in [0.25, 0.3) is 0 Å². The van der Waals surface area contributed by atoms with Crippen LogP contribution in [0.4, 0.5) is 0 Å². The molecule has 2 atom stereocenters. The lowest BCUT2D eigenvalue weighted by Crippen LogP contribution is -2.44. The quantitative estimate of drug-likeness (QED) is 0.792. The average molecular weight is 281 g/mol. The van der Waals surface area contributed by atoms with E-state index in [1.165, 1.54) is 0 Å². The largest absolute Gasteiger partial charge is 0.493 e. The van der Waals surface area contributed by atoms with Gasteiger partial charge in [0.2, 0.25) is 0 Å². The Bertz CT molecular complexity index is 422. The van der Waals surface area contributed by atoms with Gasteiger partial charge in [-0.3, -0.25) is 4.79 Å². The highest BCUT2D eigenvalue weighted by Gasteiger charge is 2.21. The number of amides is 1. The van der Waals surface area contributed by atoms with Crippen molar-refractivity contribution in [3.05, 3.63) is 24.3 Å². The molecule has 0 radical (unpaired) electrons. The van der Waals surface area contributed by atoms with Gasteiger partial charge in [0.1, 0.15) is 0 Å². The second-order valence-corrected chi connectivity index (χ2v) is 4.53. The van der Waals surface area contributed by atoms with E-state index < -0.39 is 6.10 Å². The first-order valence-corrected chi connectivity index (χ1v) is 6.71. The molecular formula is C15H23NO4. The maximum absolute atomic E-state index is 12.1. The summed E-state index contributed by atoms with van der Waals surface area (Å²) in [6.07, 6.45) is 0.0226. The Labute approximate surface area is 120 Å². The molecule has 1 amide bonds. The zero-order chi connectivity index (χ0) is 15.0. The highest BCUT2D eigenvalue weighted by atomic mass is 16.5. The number of para-hydroxylation sites is 2. The summed E-state index contributed by atoms with van der Waals surface area (Å²) in [5.41, 5.74) is 0. The van der Waals surface area contributed by atoms with Gasteiger partial charge in [-0.05, 0) is 25.5 Å². The van der Waals surface area contributed by atoms with Gasteiger partial charge in [-0.1, -0.05) is 19.1 Å². The second kappa shape index (κ2) is 8.43. The van der Waals surface area contributed by atoms with Crippen molar-refractivity contribution in [2.45, 2.75) is 32.4 Å². The molecule has 0 fully saturated rings. The summed E-state index contributed by atoms with van der Waals surface area (Å²) in [5.74, 6) is 1.03. The summed E-state index contributed by atoms with van der Waals surface area (Å²) < 4.78 is 16.0. The molecule has 1 N–H and O–H groups in total. The zero-order valence-corrected chi connectivity index (χ0v) is 12.5. The maximum Gasteiger partial charge on any atom is 0.261 e. The van der Waals surface area contributed by atoms with Crippen LogP contribution in [0.2, 0.25) is 0 Å². The fraction of sp³-hybridized carbons (Fsp3) is 0.533. The Morgan fingerprint density at radius 3 is 2.45 bits per heavy atom. The van der Waals surface area contributed by atoms with E-state index in [4.69, 9.17) is 14.2 Å². The van der Waals surface area contributed by atoms with Gasteiger partial charge in [0.15, 0.2) is 17.6 Å². The van der Waals surface area contributed by atoms with Crippen molar-refractivity contribution in [3.8, 4) is 11.5 Å². The van der Waals surface area contributed by atoms with Crippen LogP contribution in [0.5, 0.6) is 11.5 Å². The van der Waals surface area contributed by atoms with Crippen molar-refractivity contribution in [2.75, 3.05) is 20.8 Å². The molecule has 1 rings (SSSR count). The van der Waals surface area contributed by atoms with E-state index in [9.17, 15) is 4.79 Å². The minimum absolute atomic E-state index is 0.0529. The van der Waals surface area contributed by atoms with E-state index in [1.807, 2.05) is 26.0 Å². The molecule has 0 aliphatic heterocycles. The van der Waals surface area contributed by atoms with Crippen molar-refractivity contribution in [2.24, 2.45) is 0 Å². The number of hydrogen-bond acceptors (Lipinski definition) is 4. The van der Waals surface area contributed by atoms with Crippen molar-refractivity contribution in [1.29, 1.82) is 0 Å². The van der Waals surface area contributed by atoms with Crippen LogP contribution in [0.1, 0.15) is 20.3 Å². The number of hydrogen-bond donors (Lipinski definition) is 1. The summed E-state index contributed by atoms with van der Waals surface area (Å²) in [6, 6.07) is 7.23. The van der Waals surface area contributed by atoms with Gasteiger partial charge in [0, 0.05) is 13.2 Å². The van der Waals surface area contributed by atoms with Gasteiger partial charge in [-0.15, -0.1) is 0 Å². The SMILES string of the molecule is CC[C@@H](Oc1ccccc1OC)C(=O)N[C@H](C)COC. The summed E-state index contributed by atoms with van der Waals surface area (Å²) >= 11 is 0. The maximum atomic E-state index is 12.1. The third kappa shape index (κ3) is 4.74. The highest BCUT2D eigenvalue weighted by Crippen LogP contribution is 2.27. The normalized spacial score (nSPS) is 13.4. The number of rotatable bonds is 8. The van der Waals surface area contributed by atoms with E-state index >= 15 is 0 Å². The van der Waals surface area contributed by atoms with Crippen molar-refractivity contribution in [1.82, 2.24) is 5.32 Å². The molecule has 0 aliphatic rings. The van der Waals surface area contributed by atoms with Gasteiger partial charge < -0.3 is 19.5 Å². The zero-order valence-electron chi connectivity index (χ0n) is 12.5. The number of nitrogens with one attached hydrogen (secondary N) is 1. The van der Waals surface area contributed by atoms with Gasteiger partial charge in [-0.25, -0.2) is 0 Å². The fourth-order valence-electron chi connectivity index (χ4n) is 1.82. The number of methoxy groups -OCH3 is 2. The topological polar surface area (TPSA) is 56.8 Å². The molecule has 5 nitrogen and oxygen atoms in total. The van der Waals surface area contributed by atoms with Crippen LogP contribution >= 0.6 is 0 Å². The first-order chi connectivity index (χ1) is 9.62. The number of benzene rings is 1. The Hall–Kier alpha value is -1.75. The highest BCUT2D eigenvalue weighted by molar-refractivity contribution is 5.81. The van der Waals surface area contributed by atoms with Crippen LogP contribution in [0, 0.1) is 0 Å². The molecule has 5 heteroatoms. The average Bonchev–Trinajstić information content (AvgIpc) is 2.45. The van der Waals surface area contributed by atoms with Crippen molar-refractivity contribution in [3.63, 3.8) is 0 Å². The molecule has 0 saturated heterocycles. The molecule has 0 spiro atoms. The third-order valence-corrected chi connectivity index (χ3v) is 2.81. The predicted octanol–water partition coefficient (Wildman–Crippen LogP) is 2.00. The summed E-state index contributed by atoms with van der Waals surface area (Å²) in [7, 11) is 3.18. The van der Waals surface area contributed by atoms with Gasteiger partial charge >= 0.3 is 0 Å². The Morgan fingerprint density at radius 2 is 1.90 bits per heavy atom. The first kappa shape index (κ1) is 16.3. The monoisotopic (exact) mass is 281 g/mol. The van der Waals surface area contributed by atoms with Crippen LogP contribution in [-0.4, -0.2) is 38.9 Å². The summed E-state index contributed by atoms with van der Waals surface area (Å²) in [4.78, 5) is 12.1. The third-order valence-electron chi connectivity index (χ3n) is 2.81. The minimum atomic E-state index is -0.550. The first-order valence-electron chi connectivity index (χ1n) is 6.71. The Balaban J connectivity index is 2.68. The molecule has 0 unspecified atom stereocenters. The lowest BCUT2D eigenvalue weighted by Gasteiger charge is -2.21. The van der Waals surface area contributed by atoms with Crippen molar-refractivity contribution < 1.29 is 19.0 Å². The lowest BCUT2D eigenvalue weighted by molar-refractivity contribution is -0.129. The number of carbonyl (C=O) groups excluding carboxylic acids is 1. The molecule has 20 heavy (non-hydrogen) atoms. The Kier molecular flexibility index (Phi) is 6.87. The van der Waals surface area contributed by atoms with Crippen LogP contribution in [-0.2, 0) is 9.53 Å². The molecule has 0 aromatic heterocycles. The van der Waals surface area contributed by atoms with E-state index in [2.05, 4.69) is 5.32 Å². The van der Waals surface area contributed by atoms with Crippen LogP contribution in [0.3, 0.4) is 0 Å². The molecule has 0 heterocycles. The molecule has 1 aromatic rings. The van der Waals surface area contributed by atoms with Gasteiger partial charge in [0.25, 0.3) is 5.91 Å². The van der Waals surface area contributed by atoms with Crippen LogP contribution < -0.4 is 14.8 Å². The van der Waals surface area contributed by atoms with E-state index in [0.717, 1.165) is 0 Å². The van der Waals surface area contributed by atoms with E-state index in [0.29, 0.717) is 24.5 Å². The number of ether oxygens (including phenoxy) is 3. The molecular weight excluding hydrogens is 258 g/mol. The lowest BCUT2D eigenvalue weighted by atomic mass is 10.2.